The Morgan fingerprint density at radius 2 is 2.00 bits per heavy atom. The molecule has 0 saturated heterocycles. The number of halogens is 2. The fourth-order valence-electron chi connectivity index (χ4n) is 1.80. The number of thiocarbonyl (C=S) groups is 1. The lowest BCUT2D eigenvalue weighted by Crippen LogP contribution is -2.12. The summed E-state index contributed by atoms with van der Waals surface area (Å²) in [6.07, 6.45) is 0. The van der Waals surface area contributed by atoms with Gasteiger partial charge in [-0.15, -0.1) is 0 Å². The van der Waals surface area contributed by atoms with Crippen LogP contribution in [0.25, 0.3) is 0 Å². The Balaban J connectivity index is 2.27. The maximum Gasteiger partial charge on any atom is 0.272 e. The van der Waals surface area contributed by atoms with E-state index in [0.29, 0.717) is 11.1 Å². The van der Waals surface area contributed by atoms with Gasteiger partial charge in [0.25, 0.3) is 5.69 Å². The van der Waals surface area contributed by atoms with Crippen LogP contribution in [0.4, 0.5) is 20.2 Å². The third kappa shape index (κ3) is 3.19. The van der Waals surface area contributed by atoms with Crippen LogP contribution >= 0.6 is 12.2 Å². The molecule has 0 saturated carbocycles. The molecule has 2 aromatic rings. The van der Waals surface area contributed by atoms with Gasteiger partial charge in [-0.05, 0) is 31.2 Å². The quantitative estimate of drug-likeness (QED) is 0.529. The molecular weight excluding hydrogens is 298 g/mol. The molecule has 0 spiro atoms. The highest BCUT2D eigenvalue weighted by Gasteiger charge is 2.14. The van der Waals surface area contributed by atoms with Gasteiger partial charge in [0.05, 0.1) is 10.6 Å². The minimum atomic E-state index is -1.03. The number of nitro benzene ring substituents is 1. The molecule has 0 aliphatic carbocycles. The normalized spacial score (nSPS) is 10.2. The number of benzene rings is 2. The van der Waals surface area contributed by atoms with Gasteiger partial charge in [0, 0.05) is 17.2 Å². The SMILES string of the molecule is Cc1cc(C(=S)Nc2cccc(F)c2F)ccc1[N+](=O)[O-]. The highest BCUT2D eigenvalue weighted by molar-refractivity contribution is 7.81. The first-order valence-electron chi connectivity index (χ1n) is 5.90. The maximum atomic E-state index is 13.5. The second-order valence-corrected chi connectivity index (χ2v) is 4.72. The molecule has 108 valence electrons. The summed E-state index contributed by atoms with van der Waals surface area (Å²) in [5.74, 6) is -2.01. The summed E-state index contributed by atoms with van der Waals surface area (Å²) in [6.45, 7) is 1.58. The van der Waals surface area contributed by atoms with Crippen LogP contribution < -0.4 is 5.32 Å². The molecule has 0 atom stereocenters. The predicted octanol–water partition coefficient (Wildman–Crippen LogP) is 3.97. The van der Waals surface area contributed by atoms with E-state index in [9.17, 15) is 18.9 Å². The van der Waals surface area contributed by atoms with E-state index in [1.54, 1.807) is 6.92 Å². The smallest absolute Gasteiger partial charge is 0.272 e. The number of hydrogen-bond donors (Lipinski definition) is 1. The van der Waals surface area contributed by atoms with Crippen molar-refractivity contribution in [2.24, 2.45) is 0 Å². The molecule has 0 unspecified atom stereocenters. The Morgan fingerprint density at radius 3 is 2.62 bits per heavy atom. The first-order chi connectivity index (χ1) is 9.90. The van der Waals surface area contributed by atoms with Gasteiger partial charge in [0.2, 0.25) is 0 Å². The standard InChI is InChI=1S/C14H10F2N2O2S/c1-8-7-9(5-6-12(8)18(19)20)14(21)17-11-4-2-3-10(15)13(11)16/h2-7H,1H3,(H,17,21). The Morgan fingerprint density at radius 1 is 1.29 bits per heavy atom. The molecule has 0 heterocycles. The number of nitro groups is 1. The molecule has 0 amide bonds. The molecule has 4 nitrogen and oxygen atoms in total. The molecule has 0 radical (unpaired) electrons. The molecule has 21 heavy (non-hydrogen) atoms. The summed E-state index contributed by atoms with van der Waals surface area (Å²) in [4.78, 5) is 10.4. The predicted molar refractivity (Wildman–Crippen MR) is 79.5 cm³/mol. The van der Waals surface area contributed by atoms with Crippen molar-refractivity contribution in [1.82, 2.24) is 0 Å². The third-order valence-electron chi connectivity index (χ3n) is 2.86. The van der Waals surface area contributed by atoms with Crippen molar-refractivity contribution in [3.63, 3.8) is 0 Å². The van der Waals surface area contributed by atoms with Gasteiger partial charge in [-0.25, -0.2) is 8.78 Å². The molecule has 1 N–H and O–H groups in total. The zero-order valence-electron chi connectivity index (χ0n) is 10.9. The number of nitrogens with zero attached hydrogens (tertiary/aromatic N) is 1. The van der Waals surface area contributed by atoms with Gasteiger partial charge < -0.3 is 5.32 Å². The topological polar surface area (TPSA) is 55.2 Å². The molecule has 0 aromatic heterocycles. The summed E-state index contributed by atoms with van der Waals surface area (Å²) in [6, 6.07) is 8.00. The van der Waals surface area contributed by atoms with E-state index in [1.807, 2.05) is 0 Å². The molecule has 0 fully saturated rings. The molecule has 2 rings (SSSR count). The van der Waals surface area contributed by atoms with Crippen LogP contribution in [-0.4, -0.2) is 9.91 Å². The minimum Gasteiger partial charge on any atom is -0.344 e. The number of aryl methyl sites for hydroxylation is 1. The number of nitrogens with one attached hydrogen (secondary N) is 1. The Bertz CT molecular complexity index is 735. The van der Waals surface area contributed by atoms with Crippen molar-refractivity contribution in [2.75, 3.05) is 5.32 Å². The lowest BCUT2D eigenvalue weighted by molar-refractivity contribution is -0.385. The first kappa shape index (κ1) is 15.0. The van der Waals surface area contributed by atoms with Crippen LogP contribution in [0.5, 0.6) is 0 Å². The lowest BCUT2D eigenvalue weighted by Gasteiger charge is -2.10. The summed E-state index contributed by atoms with van der Waals surface area (Å²) >= 11 is 5.10. The monoisotopic (exact) mass is 308 g/mol. The molecule has 0 bridgehead atoms. The third-order valence-corrected chi connectivity index (χ3v) is 3.19. The van der Waals surface area contributed by atoms with Crippen LogP contribution in [0, 0.1) is 28.7 Å². The summed E-state index contributed by atoms with van der Waals surface area (Å²) in [5.41, 5.74) is 0.799. The maximum absolute atomic E-state index is 13.5. The average molecular weight is 308 g/mol. The van der Waals surface area contributed by atoms with Crippen molar-refractivity contribution >= 4 is 28.6 Å². The second-order valence-electron chi connectivity index (χ2n) is 4.31. The highest BCUT2D eigenvalue weighted by Crippen LogP contribution is 2.21. The van der Waals surface area contributed by atoms with Crippen LogP contribution in [0.15, 0.2) is 36.4 Å². The molecule has 0 aliphatic heterocycles. The van der Waals surface area contributed by atoms with Crippen LogP contribution in [0.2, 0.25) is 0 Å². The fraction of sp³-hybridized carbons (Fsp3) is 0.0714. The molecule has 7 heteroatoms. The van der Waals surface area contributed by atoms with Crippen molar-refractivity contribution in [3.05, 3.63) is 69.3 Å². The number of rotatable bonds is 3. The molecule has 0 aliphatic rings. The fourth-order valence-corrected chi connectivity index (χ4v) is 2.03. The van der Waals surface area contributed by atoms with Gasteiger partial charge in [0.1, 0.15) is 4.99 Å². The lowest BCUT2D eigenvalue weighted by atomic mass is 10.1. The van der Waals surface area contributed by atoms with E-state index in [0.717, 1.165) is 6.07 Å². The minimum absolute atomic E-state index is 0.0292. The van der Waals surface area contributed by atoms with Crippen molar-refractivity contribution in [3.8, 4) is 0 Å². The van der Waals surface area contributed by atoms with E-state index in [1.165, 1.54) is 30.3 Å². The van der Waals surface area contributed by atoms with E-state index >= 15 is 0 Å². The Hall–Kier alpha value is -2.41. The van der Waals surface area contributed by atoms with Crippen LogP contribution in [0.3, 0.4) is 0 Å². The molecule has 2 aromatic carbocycles. The Kier molecular flexibility index (Phi) is 4.23. The number of anilines is 1. The first-order valence-corrected chi connectivity index (χ1v) is 6.31. The second kappa shape index (κ2) is 5.92. The summed E-state index contributed by atoms with van der Waals surface area (Å²) < 4.78 is 26.6. The number of hydrogen-bond acceptors (Lipinski definition) is 3. The van der Waals surface area contributed by atoms with Gasteiger partial charge in [-0.3, -0.25) is 10.1 Å². The van der Waals surface area contributed by atoms with Gasteiger partial charge in [-0.1, -0.05) is 18.3 Å². The average Bonchev–Trinajstić information content (AvgIpc) is 2.43. The van der Waals surface area contributed by atoms with Crippen LogP contribution in [0.1, 0.15) is 11.1 Å². The van der Waals surface area contributed by atoms with Crippen molar-refractivity contribution < 1.29 is 13.7 Å². The van der Waals surface area contributed by atoms with Gasteiger partial charge in [-0.2, -0.15) is 0 Å². The highest BCUT2D eigenvalue weighted by atomic mass is 32.1. The van der Waals surface area contributed by atoms with E-state index in [4.69, 9.17) is 12.2 Å². The van der Waals surface area contributed by atoms with Crippen molar-refractivity contribution in [2.45, 2.75) is 6.92 Å². The molecular formula is C14H10F2N2O2S. The van der Waals surface area contributed by atoms with Gasteiger partial charge >= 0.3 is 0 Å². The van der Waals surface area contributed by atoms with E-state index in [-0.39, 0.29) is 16.4 Å². The van der Waals surface area contributed by atoms with Gasteiger partial charge in [0.15, 0.2) is 11.6 Å². The van der Waals surface area contributed by atoms with E-state index < -0.39 is 16.6 Å². The van der Waals surface area contributed by atoms with Crippen molar-refractivity contribution in [1.29, 1.82) is 0 Å². The Labute approximate surface area is 124 Å². The van der Waals surface area contributed by atoms with Crippen LogP contribution in [-0.2, 0) is 0 Å². The largest absolute Gasteiger partial charge is 0.344 e. The zero-order valence-corrected chi connectivity index (χ0v) is 11.7. The van der Waals surface area contributed by atoms with E-state index in [2.05, 4.69) is 5.32 Å². The summed E-state index contributed by atoms with van der Waals surface area (Å²) in [7, 11) is 0. The summed E-state index contributed by atoms with van der Waals surface area (Å²) in [5, 5.41) is 13.3. The zero-order chi connectivity index (χ0) is 15.6.